The summed E-state index contributed by atoms with van der Waals surface area (Å²) in [5, 5.41) is 17.0. The number of ether oxygens (including phenoxy) is 1. The standard InChI is InChI=1S/C51H60ClN9O6S/c1-50(2)14-12-37(42(33-50)35-4-6-38(52)7-5-35)34-58-25-27-59(28-26-58)39-8-10-41(44(31-39)60-21-3-29-67-49-46(60)30-36-13-19-54-47(36)55-49)48(62)56-68(65,66)40-9-11-43(45(32-40)61(63)64)53-20-24-57-22-17-51(15-16-51)18-23-57/h4-11,13,19,30-32,53H,3,12,14-18,20-29,33-34H2,1-2H3,(H,54,55)(H,56,62). The molecule has 1 spiro atoms. The van der Waals surface area contributed by atoms with Gasteiger partial charge in [0, 0.05) is 80.7 Å². The number of hydrogen-bond acceptors (Lipinski definition) is 12. The molecule has 10 rings (SSSR count). The Balaban J connectivity index is 0.893. The lowest BCUT2D eigenvalue weighted by molar-refractivity contribution is -0.384. The number of benzene rings is 3. The van der Waals surface area contributed by atoms with Crippen molar-refractivity contribution in [1.29, 1.82) is 0 Å². The number of nitrogens with zero attached hydrogens (tertiary/aromatic N) is 6. The van der Waals surface area contributed by atoms with Crippen molar-refractivity contribution < 1.29 is 22.9 Å². The van der Waals surface area contributed by atoms with E-state index in [-0.39, 0.29) is 27.2 Å². The third-order valence-electron chi connectivity index (χ3n) is 14.9. The SMILES string of the molecule is CC1(C)CCC(CN2CCN(c3ccc(C(=O)NS(=O)(=O)c4ccc(NCCN5CCC6(CC5)CC6)c([N+](=O)[O-])c4)c(N4CCCOc5nc6[nH]ccc6cc54)c3)CC2)=C(c2ccc(Cl)cc2)C1. The highest BCUT2D eigenvalue weighted by molar-refractivity contribution is 7.90. The Kier molecular flexibility index (Phi) is 12.6. The Morgan fingerprint density at radius 1 is 0.897 bits per heavy atom. The van der Waals surface area contributed by atoms with Gasteiger partial charge in [-0.3, -0.25) is 19.8 Å². The zero-order chi connectivity index (χ0) is 47.2. The summed E-state index contributed by atoms with van der Waals surface area (Å²) in [6.07, 6.45) is 10.6. The predicted octanol–water partition coefficient (Wildman–Crippen LogP) is 9.24. The lowest BCUT2D eigenvalue weighted by Crippen LogP contribution is -2.47. The molecule has 2 aliphatic carbocycles. The molecule has 358 valence electrons. The van der Waals surface area contributed by atoms with Crippen LogP contribution >= 0.6 is 11.6 Å². The number of carbonyl (C=O) groups is 1. The van der Waals surface area contributed by atoms with E-state index in [1.807, 2.05) is 41.3 Å². The van der Waals surface area contributed by atoms with E-state index in [9.17, 15) is 23.3 Å². The first-order valence-electron chi connectivity index (χ1n) is 24.0. The Bertz CT molecular complexity index is 2860. The van der Waals surface area contributed by atoms with Crippen LogP contribution in [0.15, 0.2) is 89.5 Å². The molecular weight excluding hydrogens is 902 g/mol. The van der Waals surface area contributed by atoms with Crippen LogP contribution in [-0.2, 0) is 10.0 Å². The maximum Gasteiger partial charge on any atom is 0.293 e. The first-order chi connectivity index (χ1) is 32.7. The van der Waals surface area contributed by atoms with E-state index in [2.05, 4.69) is 55.7 Å². The smallest absolute Gasteiger partial charge is 0.293 e. The van der Waals surface area contributed by atoms with E-state index >= 15 is 0 Å². The van der Waals surface area contributed by atoms with Gasteiger partial charge >= 0.3 is 0 Å². The van der Waals surface area contributed by atoms with Crippen molar-refractivity contribution in [3.63, 3.8) is 0 Å². The number of piperazine rings is 1. The Labute approximate surface area is 403 Å². The van der Waals surface area contributed by atoms with Gasteiger partial charge in [-0.05, 0) is 141 Å². The number of rotatable bonds is 13. The molecule has 3 aromatic carbocycles. The Morgan fingerprint density at radius 2 is 1.68 bits per heavy atom. The van der Waals surface area contributed by atoms with Gasteiger partial charge in [-0.15, -0.1) is 0 Å². The van der Waals surface area contributed by atoms with E-state index in [0.29, 0.717) is 54.4 Å². The summed E-state index contributed by atoms with van der Waals surface area (Å²) in [7, 11) is -4.56. The summed E-state index contributed by atoms with van der Waals surface area (Å²) in [4.78, 5) is 42.9. The molecule has 0 unspecified atom stereocenters. The molecule has 17 heteroatoms. The number of allylic oxidation sites excluding steroid dienone is 1. The van der Waals surface area contributed by atoms with Crippen LogP contribution in [-0.4, -0.2) is 111 Å². The molecule has 3 aliphatic heterocycles. The molecule has 3 N–H and O–H groups in total. The number of carbonyl (C=O) groups excluding carboxylic acids is 1. The van der Waals surface area contributed by atoms with Crippen molar-refractivity contribution in [3.8, 4) is 5.88 Å². The van der Waals surface area contributed by atoms with Crippen LogP contribution in [0.2, 0.25) is 5.02 Å². The van der Waals surface area contributed by atoms with Gasteiger partial charge in [-0.25, -0.2) is 13.1 Å². The normalized spacial score (nSPS) is 19.6. The number of likely N-dealkylation sites (tertiary alicyclic amines) is 1. The summed E-state index contributed by atoms with van der Waals surface area (Å²) in [6, 6.07) is 21.3. The van der Waals surface area contributed by atoms with Gasteiger partial charge in [0.25, 0.3) is 21.6 Å². The third kappa shape index (κ3) is 9.91. The van der Waals surface area contributed by atoms with Crippen LogP contribution in [0.1, 0.15) is 81.1 Å². The second-order valence-corrected chi connectivity index (χ2v) is 22.2. The topological polar surface area (TPSA) is 169 Å². The summed E-state index contributed by atoms with van der Waals surface area (Å²) < 4.78 is 36.4. The minimum atomic E-state index is -4.56. The lowest BCUT2D eigenvalue weighted by atomic mass is 9.72. The summed E-state index contributed by atoms with van der Waals surface area (Å²) >= 11 is 6.28. The number of pyridine rings is 1. The largest absolute Gasteiger partial charge is 0.476 e. The van der Waals surface area contributed by atoms with Gasteiger partial charge in [-0.2, -0.15) is 4.98 Å². The van der Waals surface area contributed by atoms with Gasteiger partial charge in [0.05, 0.1) is 27.7 Å². The minimum absolute atomic E-state index is 0.123. The number of piperidine rings is 1. The number of fused-ring (bicyclic) bond motifs is 2. The number of nitrogens with one attached hydrogen (secondary N) is 3. The zero-order valence-corrected chi connectivity index (χ0v) is 40.4. The Morgan fingerprint density at radius 3 is 2.43 bits per heavy atom. The predicted molar refractivity (Wildman–Crippen MR) is 268 cm³/mol. The molecule has 5 aliphatic rings. The number of nitro benzene ring substituents is 1. The molecule has 3 fully saturated rings. The van der Waals surface area contributed by atoms with Crippen LogP contribution < -0.4 is 24.6 Å². The zero-order valence-electron chi connectivity index (χ0n) is 38.9. The molecule has 68 heavy (non-hydrogen) atoms. The summed E-state index contributed by atoms with van der Waals surface area (Å²) in [6.45, 7) is 12.9. The van der Waals surface area contributed by atoms with Crippen LogP contribution in [0.4, 0.5) is 28.4 Å². The number of hydrogen-bond donors (Lipinski definition) is 3. The van der Waals surface area contributed by atoms with E-state index in [4.69, 9.17) is 21.3 Å². The molecule has 1 amide bonds. The first kappa shape index (κ1) is 46.1. The number of anilines is 4. The molecule has 0 bridgehead atoms. The first-order valence-corrected chi connectivity index (χ1v) is 25.9. The molecule has 1 saturated carbocycles. The number of aromatic amines is 1. The monoisotopic (exact) mass is 961 g/mol. The number of nitro groups is 1. The highest BCUT2D eigenvalue weighted by Gasteiger charge is 2.44. The van der Waals surface area contributed by atoms with Crippen molar-refractivity contribution in [3.05, 3.63) is 111 Å². The molecule has 15 nitrogen and oxygen atoms in total. The van der Waals surface area contributed by atoms with Crippen molar-refractivity contribution in [1.82, 2.24) is 24.5 Å². The Hall–Kier alpha value is -5.68. The quantitative estimate of drug-likeness (QED) is 0.0757. The van der Waals surface area contributed by atoms with Gasteiger partial charge < -0.3 is 29.7 Å². The number of sulfonamides is 1. The fourth-order valence-corrected chi connectivity index (χ4v) is 11.6. The van der Waals surface area contributed by atoms with E-state index in [1.165, 1.54) is 54.5 Å². The number of H-pyrrole nitrogens is 1. The number of aromatic nitrogens is 2. The highest BCUT2D eigenvalue weighted by atomic mass is 35.5. The summed E-state index contributed by atoms with van der Waals surface area (Å²) in [5.74, 6) is -0.462. The van der Waals surface area contributed by atoms with E-state index in [1.54, 1.807) is 12.3 Å². The second-order valence-electron chi connectivity index (χ2n) is 20.1. The van der Waals surface area contributed by atoms with Crippen LogP contribution in [0.25, 0.3) is 16.6 Å². The molecule has 0 atom stereocenters. The van der Waals surface area contributed by atoms with Crippen molar-refractivity contribution in [2.45, 2.75) is 70.1 Å². The average Bonchev–Trinajstić information content (AvgIpc) is 3.98. The molecule has 5 aromatic rings. The number of halogens is 1. The van der Waals surface area contributed by atoms with Crippen molar-refractivity contribution in [2.75, 3.05) is 87.2 Å². The molecular formula is C51H60ClN9O6S. The van der Waals surface area contributed by atoms with Gasteiger partial charge in [0.2, 0.25) is 5.88 Å². The van der Waals surface area contributed by atoms with Crippen LogP contribution in [0.3, 0.4) is 0 Å². The van der Waals surface area contributed by atoms with Crippen molar-refractivity contribution in [2.24, 2.45) is 10.8 Å². The fourth-order valence-electron chi connectivity index (χ4n) is 10.5. The fraction of sp³-hybridized carbons (Fsp3) is 0.451. The van der Waals surface area contributed by atoms with Gasteiger partial charge in [-0.1, -0.05) is 43.2 Å². The maximum atomic E-state index is 14.4. The molecule has 2 aromatic heterocycles. The highest BCUT2D eigenvalue weighted by Crippen LogP contribution is 2.53. The molecule has 5 heterocycles. The van der Waals surface area contributed by atoms with E-state index in [0.717, 1.165) is 93.8 Å². The van der Waals surface area contributed by atoms with Gasteiger partial charge in [0.1, 0.15) is 17.0 Å². The van der Waals surface area contributed by atoms with Crippen LogP contribution in [0, 0.1) is 20.9 Å². The molecule has 0 radical (unpaired) electrons. The summed E-state index contributed by atoms with van der Waals surface area (Å²) in [5.41, 5.74) is 7.59. The van der Waals surface area contributed by atoms with Crippen LogP contribution in [0.5, 0.6) is 5.88 Å². The van der Waals surface area contributed by atoms with Gasteiger partial charge in [0.15, 0.2) is 0 Å². The average molecular weight is 963 g/mol. The minimum Gasteiger partial charge on any atom is -0.476 e. The maximum absolute atomic E-state index is 14.4. The lowest BCUT2D eigenvalue weighted by Gasteiger charge is -2.39. The number of amides is 1. The second kappa shape index (κ2) is 18.7. The molecule has 2 saturated heterocycles. The third-order valence-corrected chi connectivity index (χ3v) is 16.5. The van der Waals surface area contributed by atoms with Crippen molar-refractivity contribution >= 4 is 72.6 Å². The van der Waals surface area contributed by atoms with E-state index < -0.39 is 20.9 Å².